The van der Waals surface area contributed by atoms with Crippen LogP contribution in [0.3, 0.4) is 0 Å². The van der Waals surface area contributed by atoms with Gasteiger partial charge in [0, 0.05) is 13.2 Å². The molecule has 1 aromatic carbocycles. The molecule has 0 radical (unpaired) electrons. The van der Waals surface area contributed by atoms with E-state index in [1.165, 1.54) is 6.07 Å². The Balaban J connectivity index is 2.49. The van der Waals surface area contributed by atoms with Gasteiger partial charge in [0.1, 0.15) is 5.75 Å². The van der Waals surface area contributed by atoms with Crippen molar-refractivity contribution in [3.8, 4) is 11.8 Å². The van der Waals surface area contributed by atoms with Gasteiger partial charge in [-0.2, -0.15) is 5.26 Å². The van der Waals surface area contributed by atoms with Gasteiger partial charge in [-0.25, -0.2) is 0 Å². The molecule has 0 fully saturated rings. The van der Waals surface area contributed by atoms with E-state index < -0.39 is 0 Å². The van der Waals surface area contributed by atoms with E-state index in [2.05, 4.69) is 5.32 Å². The molecular weight excluding hydrogens is 268 g/mol. The number of ether oxygens (including phenoxy) is 2. The third-order valence-electron chi connectivity index (χ3n) is 2.24. The van der Waals surface area contributed by atoms with Crippen LogP contribution >= 0.6 is 11.6 Å². The fourth-order valence-corrected chi connectivity index (χ4v) is 1.67. The summed E-state index contributed by atoms with van der Waals surface area (Å²) in [7, 11) is 1.57. The number of carbonyl (C=O) groups is 1. The Morgan fingerprint density at radius 3 is 2.89 bits per heavy atom. The van der Waals surface area contributed by atoms with E-state index in [-0.39, 0.29) is 18.6 Å². The highest BCUT2D eigenvalue weighted by molar-refractivity contribution is 6.32. The van der Waals surface area contributed by atoms with E-state index >= 15 is 0 Å². The molecule has 0 saturated carbocycles. The number of hydrogen-bond donors (Lipinski definition) is 1. The van der Waals surface area contributed by atoms with Crippen molar-refractivity contribution in [1.82, 2.24) is 5.32 Å². The quantitative estimate of drug-likeness (QED) is 0.863. The number of benzene rings is 1. The average molecular weight is 283 g/mol. The number of rotatable bonds is 6. The number of carbonyl (C=O) groups excluding carboxylic acids is 1. The zero-order valence-electron chi connectivity index (χ0n) is 10.8. The standard InChI is InChI=1S/C13H15ClN2O3/c1-9(7-18-2)16-13(17)8-19-12-4-3-10(6-15)5-11(12)14/h3-5,9H,7-8H2,1-2H3,(H,16,17). The molecule has 6 heteroatoms. The van der Waals surface area contributed by atoms with Crippen molar-refractivity contribution < 1.29 is 14.3 Å². The Hall–Kier alpha value is -1.77. The van der Waals surface area contributed by atoms with E-state index in [0.29, 0.717) is 22.9 Å². The zero-order chi connectivity index (χ0) is 14.3. The highest BCUT2D eigenvalue weighted by atomic mass is 35.5. The first-order valence-corrected chi connectivity index (χ1v) is 6.05. The molecule has 1 atom stereocenters. The summed E-state index contributed by atoms with van der Waals surface area (Å²) in [6, 6.07) is 6.51. The molecule has 1 rings (SSSR count). The zero-order valence-corrected chi connectivity index (χ0v) is 11.5. The molecule has 0 aliphatic rings. The molecule has 1 unspecified atom stereocenters. The van der Waals surface area contributed by atoms with Gasteiger partial charge in [-0.15, -0.1) is 0 Å². The Kier molecular flexibility index (Phi) is 6.13. The number of amides is 1. The summed E-state index contributed by atoms with van der Waals surface area (Å²) >= 11 is 5.92. The van der Waals surface area contributed by atoms with Crippen LogP contribution in [0.1, 0.15) is 12.5 Å². The first-order chi connectivity index (χ1) is 9.06. The SMILES string of the molecule is COCC(C)NC(=O)COc1ccc(C#N)cc1Cl. The highest BCUT2D eigenvalue weighted by Crippen LogP contribution is 2.24. The van der Waals surface area contributed by atoms with Gasteiger partial charge in [0.15, 0.2) is 6.61 Å². The minimum atomic E-state index is -0.259. The molecule has 0 aliphatic carbocycles. The van der Waals surface area contributed by atoms with Crippen molar-refractivity contribution in [1.29, 1.82) is 5.26 Å². The molecule has 5 nitrogen and oxygen atoms in total. The van der Waals surface area contributed by atoms with Gasteiger partial charge in [-0.3, -0.25) is 4.79 Å². The molecule has 0 bridgehead atoms. The van der Waals surface area contributed by atoms with Crippen LogP contribution in [-0.4, -0.2) is 32.3 Å². The lowest BCUT2D eigenvalue weighted by molar-refractivity contribution is -0.124. The molecule has 102 valence electrons. The van der Waals surface area contributed by atoms with Crippen LogP contribution in [0.25, 0.3) is 0 Å². The molecule has 0 heterocycles. The van der Waals surface area contributed by atoms with Crippen LogP contribution in [0.15, 0.2) is 18.2 Å². The molecule has 1 aromatic rings. The largest absolute Gasteiger partial charge is 0.482 e. The second-order valence-electron chi connectivity index (χ2n) is 3.97. The van der Waals surface area contributed by atoms with Crippen molar-refractivity contribution in [3.63, 3.8) is 0 Å². The first-order valence-electron chi connectivity index (χ1n) is 5.67. The fraction of sp³-hybridized carbons (Fsp3) is 0.385. The Bertz CT molecular complexity index is 485. The maximum absolute atomic E-state index is 11.5. The molecule has 1 amide bonds. The van der Waals surface area contributed by atoms with E-state index in [0.717, 1.165) is 0 Å². The van der Waals surface area contributed by atoms with E-state index in [9.17, 15) is 4.79 Å². The molecule has 0 aromatic heterocycles. The maximum atomic E-state index is 11.5. The normalized spacial score (nSPS) is 11.5. The van der Waals surface area contributed by atoms with Crippen molar-refractivity contribution in [3.05, 3.63) is 28.8 Å². The Morgan fingerprint density at radius 2 is 2.32 bits per heavy atom. The Labute approximate surface area is 117 Å². The van der Waals surface area contributed by atoms with E-state index in [1.807, 2.05) is 13.0 Å². The summed E-state index contributed by atoms with van der Waals surface area (Å²) < 4.78 is 10.2. The smallest absolute Gasteiger partial charge is 0.258 e. The van der Waals surface area contributed by atoms with Crippen LogP contribution in [0.2, 0.25) is 5.02 Å². The summed E-state index contributed by atoms with van der Waals surface area (Å²) in [5, 5.41) is 11.7. The topological polar surface area (TPSA) is 71.3 Å². The van der Waals surface area contributed by atoms with Gasteiger partial charge in [0.05, 0.1) is 23.3 Å². The lowest BCUT2D eigenvalue weighted by Gasteiger charge is -2.13. The van der Waals surface area contributed by atoms with Gasteiger partial charge in [-0.1, -0.05) is 11.6 Å². The van der Waals surface area contributed by atoms with Crippen LogP contribution in [0, 0.1) is 11.3 Å². The summed E-state index contributed by atoms with van der Waals surface area (Å²) in [6.45, 7) is 2.12. The van der Waals surface area contributed by atoms with Gasteiger partial charge in [-0.05, 0) is 25.1 Å². The predicted octanol–water partition coefficient (Wildman–Crippen LogP) is 1.74. The number of methoxy groups -OCH3 is 1. The van der Waals surface area contributed by atoms with Gasteiger partial charge in [0.2, 0.25) is 0 Å². The van der Waals surface area contributed by atoms with Crippen LogP contribution in [0.4, 0.5) is 0 Å². The number of halogens is 1. The molecule has 0 saturated heterocycles. The minimum absolute atomic E-state index is 0.0856. The number of nitriles is 1. The van der Waals surface area contributed by atoms with E-state index in [4.69, 9.17) is 26.3 Å². The number of nitrogens with zero attached hydrogens (tertiary/aromatic N) is 1. The van der Waals surface area contributed by atoms with Crippen LogP contribution in [-0.2, 0) is 9.53 Å². The monoisotopic (exact) mass is 282 g/mol. The molecule has 19 heavy (non-hydrogen) atoms. The summed E-state index contributed by atoms with van der Waals surface area (Å²) in [6.07, 6.45) is 0. The van der Waals surface area contributed by atoms with Crippen molar-refractivity contribution >= 4 is 17.5 Å². The van der Waals surface area contributed by atoms with Gasteiger partial charge in [0.25, 0.3) is 5.91 Å². The lowest BCUT2D eigenvalue weighted by Crippen LogP contribution is -2.38. The fourth-order valence-electron chi connectivity index (χ4n) is 1.44. The van der Waals surface area contributed by atoms with Gasteiger partial charge >= 0.3 is 0 Å². The third-order valence-corrected chi connectivity index (χ3v) is 2.54. The number of nitrogens with one attached hydrogen (secondary N) is 1. The van der Waals surface area contributed by atoms with E-state index in [1.54, 1.807) is 19.2 Å². The molecule has 1 N–H and O–H groups in total. The highest BCUT2D eigenvalue weighted by Gasteiger charge is 2.09. The first kappa shape index (κ1) is 15.3. The second-order valence-corrected chi connectivity index (χ2v) is 4.38. The third kappa shape index (κ3) is 5.16. The lowest BCUT2D eigenvalue weighted by atomic mass is 10.2. The molecular formula is C13H15ClN2O3. The second kappa shape index (κ2) is 7.62. The molecule has 0 spiro atoms. The van der Waals surface area contributed by atoms with Crippen molar-refractivity contribution in [2.24, 2.45) is 0 Å². The summed E-state index contributed by atoms with van der Waals surface area (Å²) in [5.74, 6) is 0.111. The van der Waals surface area contributed by atoms with Crippen LogP contribution in [0.5, 0.6) is 5.75 Å². The van der Waals surface area contributed by atoms with Crippen LogP contribution < -0.4 is 10.1 Å². The van der Waals surface area contributed by atoms with Crippen molar-refractivity contribution in [2.75, 3.05) is 20.3 Å². The molecule has 0 aliphatic heterocycles. The minimum Gasteiger partial charge on any atom is -0.482 e. The Morgan fingerprint density at radius 1 is 1.58 bits per heavy atom. The summed E-state index contributed by atoms with van der Waals surface area (Å²) in [4.78, 5) is 11.5. The predicted molar refractivity (Wildman–Crippen MR) is 71.1 cm³/mol. The number of hydrogen-bond acceptors (Lipinski definition) is 4. The summed E-state index contributed by atoms with van der Waals surface area (Å²) in [5.41, 5.74) is 0.440. The average Bonchev–Trinajstić information content (AvgIpc) is 2.37. The maximum Gasteiger partial charge on any atom is 0.258 e. The van der Waals surface area contributed by atoms with Crippen molar-refractivity contribution in [2.45, 2.75) is 13.0 Å². The van der Waals surface area contributed by atoms with Gasteiger partial charge < -0.3 is 14.8 Å².